The van der Waals surface area contributed by atoms with Gasteiger partial charge in [-0.05, 0) is 31.1 Å². The number of rotatable bonds is 4. The molecule has 0 aromatic rings. The van der Waals surface area contributed by atoms with Gasteiger partial charge in [0.15, 0.2) is 0 Å². The Bertz CT molecular complexity index is 242. The first-order valence-corrected chi connectivity index (χ1v) is 6.56. The number of nitrogens with two attached hydrogens (primary N) is 1. The Balaban J connectivity index is 2.19. The van der Waals surface area contributed by atoms with Crippen molar-refractivity contribution in [3.8, 4) is 0 Å². The summed E-state index contributed by atoms with van der Waals surface area (Å²) in [5.41, 5.74) is 5.68. The highest BCUT2D eigenvalue weighted by molar-refractivity contribution is 5.82. The summed E-state index contributed by atoms with van der Waals surface area (Å²) in [7, 11) is 0. The van der Waals surface area contributed by atoms with Gasteiger partial charge in [-0.2, -0.15) is 0 Å². The average Bonchev–Trinajstić information content (AvgIpc) is 2.28. The van der Waals surface area contributed by atoms with E-state index in [1.807, 2.05) is 20.8 Å². The number of hydrogen-bond acceptors (Lipinski definition) is 3. The van der Waals surface area contributed by atoms with Crippen molar-refractivity contribution in [3.05, 3.63) is 0 Å². The third-order valence-corrected chi connectivity index (χ3v) is 3.26. The molecule has 1 saturated heterocycles. The fraction of sp³-hybridized carbons (Fsp3) is 0.923. The summed E-state index contributed by atoms with van der Waals surface area (Å²) in [4.78, 5) is 11.8. The van der Waals surface area contributed by atoms with Crippen molar-refractivity contribution < 1.29 is 9.53 Å². The van der Waals surface area contributed by atoms with E-state index in [4.69, 9.17) is 10.5 Å². The summed E-state index contributed by atoms with van der Waals surface area (Å²) in [6, 6.07) is -0.449. The Morgan fingerprint density at radius 1 is 1.47 bits per heavy atom. The maximum Gasteiger partial charge on any atom is 0.237 e. The summed E-state index contributed by atoms with van der Waals surface area (Å²) in [6.07, 6.45) is 4.72. The molecule has 1 aliphatic heterocycles. The molecule has 1 rings (SSSR count). The molecule has 0 aliphatic carbocycles. The molecule has 4 heteroatoms. The second-order valence-electron chi connectivity index (χ2n) is 5.91. The number of carbonyl (C=O) groups is 1. The molecule has 1 fully saturated rings. The van der Waals surface area contributed by atoms with Crippen molar-refractivity contribution in [2.75, 3.05) is 13.2 Å². The molecule has 0 saturated carbocycles. The summed E-state index contributed by atoms with van der Waals surface area (Å²) in [6.45, 7) is 7.44. The molecular weight excluding hydrogens is 216 g/mol. The van der Waals surface area contributed by atoms with Crippen LogP contribution in [0, 0.1) is 5.41 Å². The summed E-state index contributed by atoms with van der Waals surface area (Å²) in [5.74, 6) is -0.0618. The van der Waals surface area contributed by atoms with E-state index in [0.29, 0.717) is 12.6 Å². The lowest BCUT2D eigenvalue weighted by molar-refractivity contribution is -0.124. The van der Waals surface area contributed by atoms with Crippen LogP contribution >= 0.6 is 0 Å². The van der Waals surface area contributed by atoms with E-state index in [-0.39, 0.29) is 11.3 Å². The lowest BCUT2D eigenvalue weighted by atomic mass is 9.87. The number of carbonyl (C=O) groups excluding carboxylic acids is 1. The highest BCUT2D eigenvalue weighted by Gasteiger charge is 2.27. The SMILES string of the molecule is CC(C)(C)[C@@H](N)C(=O)NCCC1CCCCO1. The standard InChI is InChI=1S/C13H26N2O2/c1-13(2,3)11(14)12(16)15-8-7-10-6-4-5-9-17-10/h10-11H,4-9,14H2,1-3H3,(H,15,16)/t10?,11-/m0/s1. The van der Waals surface area contributed by atoms with Gasteiger partial charge in [-0.25, -0.2) is 0 Å². The lowest BCUT2D eigenvalue weighted by Gasteiger charge is -2.27. The van der Waals surface area contributed by atoms with Crippen LogP contribution in [0.2, 0.25) is 0 Å². The van der Waals surface area contributed by atoms with Gasteiger partial charge in [-0.3, -0.25) is 4.79 Å². The second-order valence-corrected chi connectivity index (χ2v) is 5.91. The Kier molecular flexibility index (Phi) is 5.40. The lowest BCUT2D eigenvalue weighted by Crippen LogP contribution is -2.49. The van der Waals surface area contributed by atoms with E-state index in [0.717, 1.165) is 25.9 Å². The maximum absolute atomic E-state index is 11.8. The van der Waals surface area contributed by atoms with Crippen LogP contribution in [0.4, 0.5) is 0 Å². The van der Waals surface area contributed by atoms with Crippen LogP contribution < -0.4 is 11.1 Å². The van der Waals surface area contributed by atoms with Crippen LogP contribution in [0.3, 0.4) is 0 Å². The van der Waals surface area contributed by atoms with Gasteiger partial charge in [-0.1, -0.05) is 20.8 Å². The van der Waals surface area contributed by atoms with Crippen LogP contribution in [0.25, 0.3) is 0 Å². The third-order valence-electron chi connectivity index (χ3n) is 3.26. The predicted molar refractivity (Wildman–Crippen MR) is 68.6 cm³/mol. The first-order chi connectivity index (χ1) is 7.91. The summed E-state index contributed by atoms with van der Waals surface area (Å²) < 4.78 is 5.60. The van der Waals surface area contributed by atoms with E-state index in [2.05, 4.69) is 5.32 Å². The van der Waals surface area contributed by atoms with Gasteiger partial charge in [0.2, 0.25) is 5.91 Å². The van der Waals surface area contributed by atoms with E-state index >= 15 is 0 Å². The monoisotopic (exact) mass is 242 g/mol. The number of amides is 1. The Hall–Kier alpha value is -0.610. The quantitative estimate of drug-likeness (QED) is 0.784. The summed E-state index contributed by atoms with van der Waals surface area (Å²) in [5, 5.41) is 2.89. The molecule has 1 aliphatic rings. The van der Waals surface area contributed by atoms with Gasteiger partial charge in [0.1, 0.15) is 0 Å². The second kappa shape index (κ2) is 6.36. The molecule has 0 spiro atoms. The van der Waals surface area contributed by atoms with Crippen LogP contribution in [-0.4, -0.2) is 31.2 Å². The zero-order valence-corrected chi connectivity index (χ0v) is 11.3. The van der Waals surface area contributed by atoms with Gasteiger partial charge in [-0.15, -0.1) is 0 Å². The minimum Gasteiger partial charge on any atom is -0.378 e. The molecule has 0 radical (unpaired) electrons. The molecule has 0 aromatic heterocycles. The molecule has 0 aromatic carbocycles. The molecule has 1 amide bonds. The molecule has 1 heterocycles. The highest BCUT2D eigenvalue weighted by Crippen LogP contribution is 2.17. The number of hydrogen-bond donors (Lipinski definition) is 2. The molecular formula is C13H26N2O2. The Labute approximate surface area is 104 Å². The average molecular weight is 242 g/mol. The van der Waals surface area contributed by atoms with E-state index in [9.17, 15) is 4.79 Å². The number of nitrogens with one attached hydrogen (secondary N) is 1. The third kappa shape index (κ3) is 5.04. The summed E-state index contributed by atoms with van der Waals surface area (Å²) >= 11 is 0. The fourth-order valence-electron chi connectivity index (χ4n) is 1.89. The molecule has 3 N–H and O–H groups in total. The molecule has 100 valence electrons. The van der Waals surface area contributed by atoms with Gasteiger partial charge >= 0.3 is 0 Å². The molecule has 4 nitrogen and oxygen atoms in total. The largest absolute Gasteiger partial charge is 0.378 e. The van der Waals surface area contributed by atoms with Crippen molar-refractivity contribution in [3.63, 3.8) is 0 Å². The first kappa shape index (κ1) is 14.5. The normalized spacial score (nSPS) is 23.2. The molecule has 2 atom stereocenters. The van der Waals surface area contributed by atoms with E-state index in [1.54, 1.807) is 0 Å². The van der Waals surface area contributed by atoms with Crippen molar-refractivity contribution in [2.24, 2.45) is 11.1 Å². The van der Waals surface area contributed by atoms with Crippen LogP contribution in [0.5, 0.6) is 0 Å². The van der Waals surface area contributed by atoms with E-state index < -0.39 is 6.04 Å². The Morgan fingerprint density at radius 3 is 2.71 bits per heavy atom. The maximum atomic E-state index is 11.8. The van der Waals surface area contributed by atoms with Crippen LogP contribution in [0.1, 0.15) is 46.5 Å². The highest BCUT2D eigenvalue weighted by atomic mass is 16.5. The molecule has 17 heavy (non-hydrogen) atoms. The minimum atomic E-state index is -0.449. The van der Waals surface area contributed by atoms with Crippen LogP contribution in [0.15, 0.2) is 0 Å². The van der Waals surface area contributed by atoms with Crippen molar-refractivity contribution in [1.29, 1.82) is 0 Å². The van der Waals surface area contributed by atoms with Gasteiger partial charge in [0.25, 0.3) is 0 Å². The van der Waals surface area contributed by atoms with Crippen molar-refractivity contribution in [1.82, 2.24) is 5.32 Å². The first-order valence-electron chi connectivity index (χ1n) is 6.56. The predicted octanol–water partition coefficient (Wildman–Crippen LogP) is 1.44. The number of ether oxygens (including phenoxy) is 1. The van der Waals surface area contributed by atoms with Gasteiger partial charge in [0, 0.05) is 13.2 Å². The van der Waals surface area contributed by atoms with Crippen molar-refractivity contribution in [2.45, 2.75) is 58.6 Å². The van der Waals surface area contributed by atoms with Gasteiger partial charge < -0.3 is 15.8 Å². The smallest absolute Gasteiger partial charge is 0.237 e. The fourth-order valence-corrected chi connectivity index (χ4v) is 1.89. The zero-order valence-electron chi connectivity index (χ0n) is 11.3. The van der Waals surface area contributed by atoms with Gasteiger partial charge in [0.05, 0.1) is 12.1 Å². The zero-order chi connectivity index (χ0) is 12.9. The topological polar surface area (TPSA) is 64.4 Å². The van der Waals surface area contributed by atoms with Crippen LogP contribution in [-0.2, 0) is 9.53 Å². The van der Waals surface area contributed by atoms with E-state index in [1.165, 1.54) is 6.42 Å². The molecule has 0 bridgehead atoms. The van der Waals surface area contributed by atoms with Crippen molar-refractivity contribution >= 4 is 5.91 Å². The molecule has 1 unspecified atom stereocenters. The minimum absolute atomic E-state index is 0.0618. The Morgan fingerprint density at radius 2 is 2.18 bits per heavy atom.